The molecule has 0 aliphatic rings. The van der Waals surface area contributed by atoms with Crippen molar-refractivity contribution in [3.63, 3.8) is 0 Å². The van der Waals surface area contributed by atoms with Crippen LogP contribution in [0.3, 0.4) is 0 Å². The van der Waals surface area contributed by atoms with Crippen molar-refractivity contribution in [2.24, 2.45) is 0 Å². The minimum atomic E-state index is -1.03. The molecular weight excluding hydrogens is 548 g/mol. The van der Waals surface area contributed by atoms with Gasteiger partial charge in [-0.15, -0.1) is 0 Å². The van der Waals surface area contributed by atoms with Gasteiger partial charge in [-0.3, -0.25) is 0 Å². The fourth-order valence-corrected chi connectivity index (χ4v) is 4.20. The Morgan fingerprint density at radius 3 is 1.81 bits per heavy atom. The standard InChI is InChI=1S/C35H42O8/c1-5-7-8-9-10-11-24-40-30-18-16-28(17-19-30)27-12-14-29(15-13-27)35(38)43-32-22-20-31(21-23-32)41-26(4)34(37)42-25(3)33(36)39-6-2/h12-23,25-26H,5-11,24H2,1-4H3/t25-,26+/m0/s1. The fourth-order valence-electron chi connectivity index (χ4n) is 4.20. The Bertz CT molecular complexity index is 1280. The van der Waals surface area contributed by atoms with Gasteiger partial charge in [0.2, 0.25) is 0 Å². The molecule has 0 unspecified atom stereocenters. The van der Waals surface area contributed by atoms with Crippen LogP contribution >= 0.6 is 0 Å². The summed E-state index contributed by atoms with van der Waals surface area (Å²) in [5.41, 5.74) is 2.41. The Labute approximate surface area is 254 Å². The summed E-state index contributed by atoms with van der Waals surface area (Å²) in [4.78, 5) is 36.6. The summed E-state index contributed by atoms with van der Waals surface area (Å²) in [5.74, 6) is -0.273. The Balaban J connectivity index is 1.45. The second-order valence-electron chi connectivity index (χ2n) is 10.2. The number of carbonyl (C=O) groups is 3. The third-order valence-electron chi connectivity index (χ3n) is 6.67. The van der Waals surface area contributed by atoms with Gasteiger partial charge in [-0.2, -0.15) is 0 Å². The molecule has 3 rings (SSSR count). The van der Waals surface area contributed by atoms with Crippen molar-refractivity contribution in [3.05, 3.63) is 78.4 Å². The van der Waals surface area contributed by atoms with E-state index in [0.717, 1.165) is 29.9 Å². The fraction of sp³-hybridized carbons (Fsp3) is 0.400. The second-order valence-corrected chi connectivity index (χ2v) is 10.2. The van der Waals surface area contributed by atoms with Crippen LogP contribution in [-0.4, -0.2) is 43.3 Å². The van der Waals surface area contributed by atoms with Crippen molar-refractivity contribution < 1.29 is 38.1 Å². The molecule has 0 N–H and O–H groups in total. The maximum Gasteiger partial charge on any atom is 0.347 e. The summed E-state index contributed by atoms with van der Waals surface area (Å²) in [6.45, 7) is 7.76. The SMILES string of the molecule is CCCCCCCCOc1ccc(-c2ccc(C(=O)Oc3ccc(O[C@H](C)C(=O)O[C@@H](C)C(=O)OCC)cc3)cc2)cc1. The molecule has 0 aliphatic heterocycles. The van der Waals surface area contributed by atoms with Gasteiger partial charge in [-0.25, -0.2) is 14.4 Å². The average molecular weight is 591 g/mol. The van der Waals surface area contributed by atoms with E-state index in [2.05, 4.69) is 6.92 Å². The topological polar surface area (TPSA) is 97.4 Å². The normalized spacial score (nSPS) is 12.1. The van der Waals surface area contributed by atoms with E-state index in [4.69, 9.17) is 23.7 Å². The lowest BCUT2D eigenvalue weighted by Crippen LogP contribution is -2.33. The minimum absolute atomic E-state index is 0.194. The maximum absolute atomic E-state index is 12.7. The van der Waals surface area contributed by atoms with Gasteiger partial charge in [0.1, 0.15) is 17.2 Å². The smallest absolute Gasteiger partial charge is 0.347 e. The molecule has 0 bridgehead atoms. The zero-order chi connectivity index (χ0) is 31.0. The summed E-state index contributed by atoms with van der Waals surface area (Å²) in [6, 6.07) is 21.4. The predicted molar refractivity (Wildman–Crippen MR) is 164 cm³/mol. The lowest BCUT2D eigenvalue weighted by molar-refractivity contribution is -0.170. The largest absolute Gasteiger partial charge is 0.494 e. The number of rotatable bonds is 17. The monoisotopic (exact) mass is 590 g/mol. The first kappa shape index (κ1) is 33.2. The third kappa shape index (κ3) is 11.1. The Kier molecular flexibility index (Phi) is 13.6. The highest BCUT2D eigenvalue weighted by Crippen LogP contribution is 2.24. The van der Waals surface area contributed by atoms with Gasteiger partial charge in [-0.05, 0) is 86.8 Å². The molecule has 3 aromatic rings. The number of unbranched alkanes of at least 4 members (excludes halogenated alkanes) is 5. The van der Waals surface area contributed by atoms with Gasteiger partial charge in [-0.1, -0.05) is 63.3 Å². The Morgan fingerprint density at radius 2 is 1.19 bits per heavy atom. The van der Waals surface area contributed by atoms with Gasteiger partial charge in [0.15, 0.2) is 12.2 Å². The van der Waals surface area contributed by atoms with Gasteiger partial charge in [0.25, 0.3) is 0 Å². The summed E-state index contributed by atoms with van der Waals surface area (Å²) in [6.07, 6.45) is 5.39. The molecular formula is C35H42O8. The number of esters is 3. The molecule has 0 amide bonds. The second kappa shape index (κ2) is 17.6. The molecule has 0 aromatic heterocycles. The molecule has 2 atom stereocenters. The summed E-state index contributed by atoms with van der Waals surface area (Å²) in [5, 5.41) is 0. The van der Waals surface area contributed by atoms with E-state index in [0.29, 0.717) is 17.1 Å². The van der Waals surface area contributed by atoms with Crippen molar-refractivity contribution in [1.82, 2.24) is 0 Å². The van der Waals surface area contributed by atoms with Crippen molar-refractivity contribution in [1.29, 1.82) is 0 Å². The first-order valence-corrected chi connectivity index (χ1v) is 15.0. The van der Waals surface area contributed by atoms with E-state index in [-0.39, 0.29) is 6.61 Å². The highest BCUT2D eigenvalue weighted by molar-refractivity contribution is 5.91. The maximum atomic E-state index is 12.7. The van der Waals surface area contributed by atoms with Crippen LogP contribution in [0, 0.1) is 0 Å². The zero-order valence-electron chi connectivity index (χ0n) is 25.5. The molecule has 0 fully saturated rings. The number of carbonyl (C=O) groups excluding carboxylic acids is 3. The molecule has 3 aromatic carbocycles. The highest BCUT2D eigenvalue weighted by Gasteiger charge is 2.24. The number of hydrogen-bond donors (Lipinski definition) is 0. The Hall–Kier alpha value is -4.33. The summed E-state index contributed by atoms with van der Waals surface area (Å²) < 4.78 is 26.9. The van der Waals surface area contributed by atoms with Crippen molar-refractivity contribution in [3.8, 4) is 28.4 Å². The van der Waals surface area contributed by atoms with Crippen LogP contribution in [0.4, 0.5) is 0 Å². The lowest BCUT2D eigenvalue weighted by Gasteiger charge is -2.17. The minimum Gasteiger partial charge on any atom is -0.494 e. The van der Waals surface area contributed by atoms with Crippen molar-refractivity contribution in [2.45, 2.75) is 78.4 Å². The molecule has 0 heterocycles. The number of benzene rings is 3. The summed E-state index contributed by atoms with van der Waals surface area (Å²) in [7, 11) is 0. The molecule has 8 heteroatoms. The summed E-state index contributed by atoms with van der Waals surface area (Å²) >= 11 is 0. The van der Waals surface area contributed by atoms with Crippen LogP contribution in [-0.2, 0) is 19.1 Å². The number of hydrogen-bond acceptors (Lipinski definition) is 8. The van der Waals surface area contributed by atoms with Crippen LogP contribution < -0.4 is 14.2 Å². The zero-order valence-corrected chi connectivity index (χ0v) is 25.5. The van der Waals surface area contributed by atoms with Crippen molar-refractivity contribution in [2.75, 3.05) is 13.2 Å². The van der Waals surface area contributed by atoms with Gasteiger partial charge in [0, 0.05) is 0 Å². The van der Waals surface area contributed by atoms with Gasteiger partial charge in [0.05, 0.1) is 18.8 Å². The quantitative estimate of drug-likeness (QED) is 0.0902. The Morgan fingerprint density at radius 1 is 0.628 bits per heavy atom. The van der Waals surface area contributed by atoms with Crippen molar-refractivity contribution >= 4 is 17.9 Å². The average Bonchev–Trinajstić information content (AvgIpc) is 3.02. The number of ether oxygens (including phenoxy) is 5. The van der Waals surface area contributed by atoms with E-state index in [1.54, 1.807) is 43.3 Å². The molecule has 0 saturated heterocycles. The van der Waals surface area contributed by atoms with Crippen LogP contribution in [0.15, 0.2) is 72.8 Å². The molecule has 0 radical (unpaired) electrons. The predicted octanol–water partition coefficient (Wildman–Crippen LogP) is 7.57. The lowest BCUT2D eigenvalue weighted by atomic mass is 10.0. The van der Waals surface area contributed by atoms with Crippen LogP contribution in [0.2, 0.25) is 0 Å². The van der Waals surface area contributed by atoms with E-state index < -0.39 is 30.1 Å². The van der Waals surface area contributed by atoms with E-state index in [9.17, 15) is 14.4 Å². The van der Waals surface area contributed by atoms with E-state index in [1.165, 1.54) is 46.0 Å². The van der Waals surface area contributed by atoms with Crippen LogP contribution in [0.5, 0.6) is 17.2 Å². The molecule has 8 nitrogen and oxygen atoms in total. The van der Waals surface area contributed by atoms with Crippen LogP contribution in [0.25, 0.3) is 11.1 Å². The molecule has 0 spiro atoms. The first-order valence-electron chi connectivity index (χ1n) is 15.0. The van der Waals surface area contributed by atoms with Gasteiger partial charge < -0.3 is 23.7 Å². The molecule has 230 valence electrons. The third-order valence-corrected chi connectivity index (χ3v) is 6.67. The molecule has 43 heavy (non-hydrogen) atoms. The highest BCUT2D eigenvalue weighted by atomic mass is 16.6. The van der Waals surface area contributed by atoms with Crippen LogP contribution in [0.1, 0.15) is 76.6 Å². The molecule has 0 aliphatic carbocycles. The first-order chi connectivity index (χ1) is 20.8. The van der Waals surface area contributed by atoms with Gasteiger partial charge >= 0.3 is 17.9 Å². The van der Waals surface area contributed by atoms with E-state index >= 15 is 0 Å². The molecule has 0 saturated carbocycles. The van der Waals surface area contributed by atoms with E-state index in [1.807, 2.05) is 36.4 Å².